The molecule has 0 aliphatic rings. The number of amides is 1. The molecule has 1 amide bonds. The SMILES string of the molecule is Cc1cc(-c2cc(C(=O)NCc3ccc(S(C)(=O)=O)cn3)c(=O)n(-c3cccc(C(F)(F)F)c3)c2C)n[nH]1. The van der Waals surface area contributed by atoms with E-state index in [1.807, 2.05) is 0 Å². The molecule has 4 rings (SSSR count). The summed E-state index contributed by atoms with van der Waals surface area (Å²) in [5, 5.41) is 9.51. The molecule has 9 nitrogen and oxygen atoms in total. The Morgan fingerprint density at radius 3 is 2.42 bits per heavy atom. The second kappa shape index (κ2) is 9.89. The minimum absolute atomic E-state index is 0.00835. The van der Waals surface area contributed by atoms with Gasteiger partial charge in [0.2, 0.25) is 0 Å². The number of carbonyl (C=O) groups is 1. The predicted molar refractivity (Wildman–Crippen MR) is 133 cm³/mol. The van der Waals surface area contributed by atoms with Crippen molar-refractivity contribution in [2.75, 3.05) is 6.26 Å². The van der Waals surface area contributed by atoms with Crippen molar-refractivity contribution >= 4 is 15.7 Å². The number of hydrogen-bond acceptors (Lipinski definition) is 6. The first-order valence-electron chi connectivity index (χ1n) is 11.2. The average Bonchev–Trinajstić information content (AvgIpc) is 3.28. The van der Waals surface area contributed by atoms with Gasteiger partial charge in [0, 0.05) is 35.1 Å². The summed E-state index contributed by atoms with van der Waals surface area (Å²) in [6.07, 6.45) is -2.44. The van der Waals surface area contributed by atoms with Crippen molar-refractivity contribution in [1.29, 1.82) is 0 Å². The van der Waals surface area contributed by atoms with Gasteiger partial charge in [-0.05, 0) is 56.3 Å². The number of pyridine rings is 2. The summed E-state index contributed by atoms with van der Waals surface area (Å²) in [5.74, 6) is -0.793. The number of H-pyrrole nitrogens is 1. The summed E-state index contributed by atoms with van der Waals surface area (Å²) in [6, 6.07) is 10.0. The molecule has 0 atom stereocenters. The molecule has 0 bridgehead atoms. The smallest absolute Gasteiger partial charge is 0.346 e. The Balaban J connectivity index is 1.77. The van der Waals surface area contributed by atoms with Crippen LogP contribution in [0.25, 0.3) is 16.9 Å². The Morgan fingerprint density at radius 2 is 1.84 bits per heavy atom. The normalized spacial score (nSPS) is 11.9. The minimum atomic E-state index is -4.63. The number of aromatic nitrogens is 4. The maximum absolute atomic E-state index is 13.5. The van der Waals surface area contributed by atoms with Crippen LogP contribution in [-0.2, 0) is 22.6 Å². The highest BCUT2D eigenvalue weighted by Gasteiger charge is 2.31. The number of aromatic amines is 1. The lowest BCUT2D eigenvalue weighted by atomic mass is 10.1. The number of hydrogen-bond donors (Lipinski definition) is 2. The van der Waals surface area contributed by atoms with Crippen molar-refractivity contribution in [1.82, 2.24) is 25.1 Å². The number of rotatable bonds is 6. The van der Waals surface area contributed by atoms with E-state index in [1.165, 1.54) is 30.3 Å². The van der Waals surface area contributed by atoms with Gasteiger partial charge in [-0.3, -0.25) is 24.2 Å². The molecule has 0 aliphatic carbocycles. The summed E-state index contributed by atoms with van der Waals surface area (Å²) >= 11 is 0. The number of nitrogens with zero attached hydrogens (tertiary/aromatic N) is 3. The van der Waals surface area contributed by atoms with Gasteiger partial charge < -0.3 is 5.32 Å². The van der Waals surface area contributed by atoms with E-state index < -0.39 is 33.0 Å². The maximum Gasteiger partial charge on any atom is 0.416 e. The number of sulfone groups is 1. The van der Waals surface area contributed by atoms with Crippen LogP contribution in [0.2, 0.25) is 0 Å². The molecule has 3 heterocycles. The third-order valence-corrected chi connectivity index (χ3v) is 6.86. The quantitative estimate of drug-likeness (QED) is 0.381. The molecule has 1 aromatic carbocycles. The van der Waals surface area contributed by atoms with Crippen molar-refractivity contribution in [3.05, 3.63) is 93.3 Å². The Morgan fingerprint density at radius 1 is 1.11 bits per heavy atom. The van der Waals surface area contributed by atoms with Crippen LogP contribution in [0.3, 0.4) is 0 Å². The molecule has 0 saturated heterocycles. The number of nitrogens with one attached hydrogen (secondary N) is 2. The predicted octanol–water partition coefficient (Wildman–Crippen LogP) is 3.59. The van der Waals surface area contributed by atoms with Gasteiger partial charge in [-0.25, -0.2) is 8.42 Å². The summed E-state index contributed by atoms with van der Waals surface area (Å²) in [7, 11) is -3.45. The molecule has 0 fully saturated rings. The van der Waals surface area contributed by atoms with E-state index in [0.29, 0.717) is 22.6 Å². The van der Waals surface area contributed by atoms with Gasteiger partial charge in [0.25, 0.3) is 11.5 Å². The summed E-state index contributed by atoms with van der Waals surface area (Å²) in [4.78, 5) is 30.6. The zero-order valence-electron chi connectivity index (χ0n) is 20.4. The average molecular weight is 546 g/mol. The highest BCUT2D eigenvalue weighted by Crippen LogP contribution is 2.31. The van der Waals surface area contributed by atoms with Gasteiger partial charge in [-0.1, -0.05) is 6.07 Å². The molecule has 0 saturated carbocycles. The Hall–Kier alpha value is -4.26. The molecule has 2 N–H and O–H groups in total. The van der Waals surface area contributed by atoms with Crippen LogP contribution in [0.5, 0.6) is 0 Å². The second-order valence-corrected chi connectivity index (χ2v) is 10.6. The van der Waals surface area contributed by atoms with Gasteiger partial charge in [0.15, 0.2) is 9.84 Å². The van der Waals surface area contributed by atoms with Crippen LogP contribution >= 0.6 is 0 Å². The van der Waals surface area contributed by atoms with Gasteiger partial charge in [-0.2, -0.15) is 18.3 Å². The van der Waals surface area contributed by atoms with Gasteiger partial charge in [-0.15, -0.1) is 0 Å². The first kappa shape index (κ1) is 26.8. The van der Waals surface area contributed by atoms with Crippen LogP contribution in [-0.4, -0.2) is 40.3 Å². The zero-order chi connectivity index (χ0) is 27.8. The summed E-state index contributed by atoms with van der Waals surface area (Å²) in [5.41, 5.74) is -0.0759. The van der Waals surface area contributed by atoms with E-state index >= 15 is 0 Å². The van der Waals surface area contributed by atoms with Crippen LogP contribution in [0, 0.1) is 13.8 Å². The fourth-order valence-electron chi connectivity index (χ4n) is 3.81. The number of aryl methyl sites for hydroxylation is 1. The van der Waals surface area contributed by atoms with E-state index in [4.69, 9.17) is 0 Å². The third kappa shape index (κ3) is 5.52. The number of halogens is 3. The fourth-order valence-corrected chi connectivity index (χ4v) is 4.37. The minimum Gasteiger partial charge on any atom is -0.346 e. The topological polar surface area (TPSA) is 127 Å². The molecule has 0 radical (unpaired) electrons. The molecule has 13 heteroatoms. The highest BCUT2D eigenvalue weighted by molar-refractivity contribution is 7.90. The van der Waals surface area contributed by atoms with Gasteiger partial charge >= 0.3 is 6.18 Å². The number of alkyl halides is 3. The first-order chi connectivity index (χ1) is 17.8. The fraction of sp³-hybridized carbons (Fsp3) is 0.200. The molecule has 4 aromatic rings. The Bertz CT molecular complexity index is 1690. The molecule has 0 spiro atoms. The molecular formula is C25H22F3N5O4S. The molecular weight excluding hydrogens is 523 g/mol. The highest BCUT2D eigenvalue weighted by atomic mass is 32.2. The standard InChI is InChI=1S/C25H22F3N5O4S/c1-14-9-22(32-31-14)20-11-21(23(34)30-12-17-7-8-19(13-29-17)38(3,36)37)24(35)33(15(20)2)18-6-4-5-16(10-18)25(26,27)28/h4-11,13H,12H2,1-3H3,(H,30,34)(H,31,32). The molecule has 3 aromatic heterocycles. The lowest BCUT2D eigenvalue weighted by Crippen LogP contribution is -2.33. The van der Waals surface area contributed by atoms with Crippen molar-refractivity contribution in [3.63, 3.8) is 0 Å². The van der Waals surface area contributed by atoms with Gasteiger partial charge in [0.1, 0.15) is 5.56 Å². The number of benzene rings is 1. The molecule has 0 unspecified atom stereocenters. The largest absolute Gasteiger partial charge is 0.416 e. The van der Waals surface area contributed by atoms with Crippen molar-refractivity contribution in [3.8, 4) is 16.9 Å². The third-order valence-electron chi connectivity index (χ3n) is 5.76. The van der Waals surface area contributed by atoms with Crippen LogP contribution in [0.4, 0.5) is 13.2 Å². The summed E-state index contributed by atoms with van der Waals surface area (Å²) < 4.78 is 64.4. The van der Waals surface area contributed by atoms with Crippen molar-refractivity contribution < 1.29 is 26.4 Å². The van der Waals surface area contributed by atoms with E-state index in [9.17, 15) is 31.2 Å². The molecule has 0 aliphatic heterocycles. The lowest BCUT2D eigenvalue weighted by molar-refractivity contribution is -0.137. The first-order valence-corrected chi connectivity index (χ1v) is 13.0. The van der Waals surface area contributed by atoms with E-state index in [1.54, 1.807) is 19.9 Å². The monoisotopic (exact) mass is 545 g/mol. The zero-order valence-corrected chi connectivity index (χ0v) is 21.2. The van der Waals surface area contributed by atoms with Crippen LogP contribution in [0.1, 0.15) is 33.0 Å². The number of carbonyl (C=O) groups excluding carboxylic acids is 1. The van der Waals surface area contributed by atoms with Crippen LogP contribution < -0.4 is 10.9 Å². The van der Waals surface area contributed by atoms with Crippen LogP contribution in [0.15, 0.2) is 64.4 Å². The second-order valence-electron chi connectivity index (χ2n) is 8.62. The Kier molecular flexibility index (Phi) is 6.98. The van der Waals surface area contributed by atoms with Crippen molar-refractivity contribution in [2.24, 2.45) is 0 Å². The van der Waals surface area contributed by atoms with Crippen molar-refractivity contribution in [2.45, 2.75) is 31.5 Å². The van der Waals surface area contributed by atoms with Gasteiger partial charge in [0.05, 0.1) is 28.4 Å². The maximum atomic E-state index is 13.5. The Labute approximate surface area is 215 Å². The van der Waals surface area contributed by atoms with E-state index in [2.05, 4.69) is 20.5 Å². The van der Waals surface area contributed by atoms with E-state index in [0.717, 1.165) is 29.2 Å². The van der Waals surface area contributed by atoms with E-state index in [-0.39, 0.29) is 28.4 Å². The molecule has 198 valence electrons. The lowest BCUT2D eigenvalue weighted by Gasteiger charge is -2.17. The molecule has 38 heavy (non-hydrogen) atoms. The summed E-state index contributed by atoms with van der Waals surface area (Å²) in [6.45, 7) is 3.18.